The van der Waals surface area contributed by atoms with E-state index in [4.69, 9.17) is 15.2 Å². The number of rotatable bonds is 9. The van der Waals surface area contributed by atoms with E-state index in [1.54, 1.807) is 0 Å². The molecule has 0 radical (unpaired) electrons. The summed E-state index contributed by atoms with van der Waals surface area (Å²) in [6, 6.07) is 18.9. The van der Waals surface area contributed by atoms with Crippen LogP contribution in [-0.4, -0.2) is 62.7 Å². The first kappa shape index (κ1) is 21.5. The van der Waals surface area contributed by atoms with Crippen molar-refractivity contribution in [2.45, 2.75) is 12.8 Å². The fourth-order valence-corrected chi connectivity index (χ4v) is 3.42. The summed E-state index contributed by atoms with van der Waals surface area (Å²) in [6.07, 6.45) is 1.49. The molecule has 0 fully saturated rings. The molecule has 0 bridgehead atoms. The number of fused-ring (bicyclic) bond motifs is 1. The number of hydrogen-bond acceptors (Lipinski definition) is 6. The molecule has 0 aliphatic rings. The van der Waals surface area contributed by atoms with E-state index in [0.29, 0.717) is 18.9 Å². The largest absolute Gasteiger partial charge is 0.358 e. The quantitative estimate of drug-likeness (QED) is 0.538. The molecule has 1 heterocycles. The van der Waals surface area contributed by atoms with E-state index in [2.05, 4.69) is 65.2 Å². The van der Waals surface area contributed by atoms with E-state index in [0.717, 1.165) is 47.4 Å². The van der Waals surface area contributed by atoms with Gasteiger partial charge in [-0.1, -0.05) is 36.4 Å². The average molecular weight is 403 g/mol. The number of benzene rings is 2. The predicted octanol–water partition coefficient (Wildman–Crippen LogP) is 4.03. The predicted molar refractivity (Wildman–Crippen MR) is 125 cm³/mol. The molecule has 3 rings (SSSR count). The second-order valence-electron chi connectivity index (χ2n) is 7.85. The summed E-state index contributed by atoms with van der Waals surface area (Å²) < 4.78 is 0. The first-order valence-corrected chi connectivity index (χ1v) is 10.3. The molecule has 2 aromatic carbocycles. The highest BCUT2D eigenvalue weighted by atomic mass is 15.3. The fraction of sp³-hybridized carbons (Fsp3) is 0.375. The Balaban J connectivity index is 2.01. The van der Waals surface area contributed by atoms with Gasteiger partial charge in [-0.05, 0) is 50.3 Å². The van der Waals surface area contributed by atoms with E-state index >= 15 is 0 Å². The van der Waals surface area contributed by atoms with Gasteiger partial charge in [0.05, 0.1) is 18.0 Å². The van der Waals surface area contributed by atoms with Gasteiger partial charge in [-0.25, -0.2) is 4.98 Å². The average Bonchev–Trinajstić information content (AvgIpc) is 2.76. The van der Waals surface area contributed by atoms with Crippen LogP contribution >= 0.6 is 0 Å². The number of hydrogen-bond donors (Lipinski definition) is 0. The molecule has 6 heteroatoms. The minimum atomic E-state index is 0.453. The van der Waals surface area contributed by atoms with Gasteiger partial charge in [0.15, 0.2) is 0 Å². The Bertz CT molecular complexity index is 1010. The number of nitrogens with zero attached hydrogens (tertiary/aromatic N) is 6. The molecule has 1 aromatic heterocycles. The van der Waals surface area contributed by atoms with Gasteiger partial charge >= 0.3 is 0 Å². The first-order valence-electron chi connectivity index (χ1n) is 10.3. The van der Waals surface area contributed by atoms with Crippen molar-refractivity contribution in [1.29, 1.82) is 5.26 Å². The van der Waals surface area contributed by atoms with Gasteiger partial charge in [0, 0.05) is 32.6 Å². The van der Waals surface area contributed by atoms with E-state index in [1.165, 1.54) is 0 Å². The normalized spacial score (nSPS) is 10.9. The molecule has 0 amide bonds. The van der Waals surface area contributed by atoms with E-state index in [9.17, 15) is 0 Å². The Hall–Kier alpha value is -3.17. The minimum Gasteiger partial charge on any atom is -0.358 e. The van der Waals surface area contributed by atoms with Gasteiger partial charge in [-0.15, -0.1) is 0 Å². The third kappa shape index (κ3) is 5.25. The SMILES string of the molecule is CN(C)CCCN(C)c1nc(N(C)CCC#N)c2cc(-c3ccccc3)ccc2n1. The van der Waals surface area contributed by atoms with Crippen LogP contribution in [0.1, 0.15) is 12.8 Å². The highest BCUT2D eigenvalue weighted by molar-refractivity contribution is 5.94. The Kier molecular flexibility index (Phi) is 7.21. The third-order valence-electron chi connectivity index (χ3n) is 5.13. The van der Waals surface area contributed by atoms with E-state index in [1.807, 2.05) is 32.3 Å². The van der Waals surface area contributed by atoms with Crippen molar-refractivity contribution in [3.05, 3.63) is 48.5 Å². The van der Waals surface area contributed by atoms with Crippen molar-refractivity contribution in [2.24, 2.45) is 0 Å². The molecule has 0 aliphatic heterocycles. The second-order valence-corrected chi connectivity index (χ2v) is 7.85. The van der Waals surface area contributed by atoms with Crippen LogP contribution in [0.15, 0.2) is 48.5 Å². The Morgan fingerprint density at radius 1 is 0.833 bits per heavy atom. The maximum atomic E-state index is 9.03. The van der Waals surface area contributed by atoms with Gasteiger partial charge < -0.3 is 14.7 Å². The lowest BCUT2D eigenvalue weighted by Gasteiger charge is -2.23. The van der Waals surface area contributed by atoms with Gasteiger partial charge in [-0.3, -0.25) is 0 Å². The van der Waals surface area contributed by atoms with Crippen molar-refractivity contribution < 1.29 is 0 Å². The Labute approximate surface area is 179 Å². The molecule has 0 atom stereocenters. The van der Waals surface area contributed by atoms with Crippen LogP contribution in [0.25, 0.3) is 22.0 Å². The Morgan fingerprint density at radius 3 is 2.30 bits per heavy atom. The molecule has 0 unspecified atom stereocenters. The minimum absolute atomic E-state index is 0.453. The highest BCUT2D eigenvalue weighted by Crippen LogP contribution is 2.30. The summed E-state index contributed by atoms with van der Waals surface area (Å²) in [4.78, 5) is 16.1. The molecule has 0 N–H and O–H groups in total. The summed E-state index contributed by atoms with van der Waals surface area (Å²) in [7, 11) is 8.19. The summed E-state index contributed by atoms with van der Waals surface area (Å²) in [5.41, 5.74) is 3.21. The second kappa shape index (κ2) is 10.0. The van der Waals surface area contributed by atoms with Crippen LogP contribution in [-0.2, 0) is 0 Å². The molecule has 30 heavy (non-hydrogen) atoms. The lowest BCUT2D eigenvalue weighted by molar-refractivity contribution is 0.401. The van der Waals surface area contributed by atoms with Crippen LogP contribution in [0, 0.1) is 11.3 Å². The maximum Gasteiger partial charge on any atom is 0.227 e. The van der Waals surface area contributed by atoms with Crippen LogP contribution in [0.2, 0.25) is 0 Å². The molecular weight excluding hydrogens is 372 g/mol. The molecule has 0 spiro atoms. The standard InChI is InChI=1S/C24H30N6/c1-28(2)15-9-17-30(4)24-26-22-13-12-20(19-10-6-5-7-11-19)18-21(22)23(27-24)29(3)16-8-14-25/h5-7,10-13,18H,8-9,15-17H2,1-4H3. The topological polar surface area (TPSA) is 59.3 Å². The van der Waals surface area contributed by atoms with Gasteiger partial charge in [0.1, 0.15) is 5.82 Å². The van der Waals surface area contributed by atoms with Gasteiger partial charge in [-0.2, -0.15) is 10.2 Å². The summed E-state index contributed by atoms with van der Waals surface area (Å²) >= 11 is 0. The molecule has 0 saturated carbocycles. The number of aromatic nitrogens is 2. The van der Waals surface area contributed by atoms with Crippen LogP contribution < -0.4 is 9.80 Å². The van der Waals surface area contributed by atoms with E-state index in [-0.39, 0.29) is 0 Å². The van der Waals surface area contributed by atoms with E-state index < -0.39 is 0 Å². The third-order valence-corrected chi connectivity index (χ3v) is 5.13. The summed E-state index contributed by atoms with van der Waals surface area (Å²) in [6.45, 7) is 2.53. The lowest BCUT2D eigenvalue weighted by atomic mass is 10.0. The van der Waals surface area contributed by atoms with Crippen molar-refractivity contribution >= 4 is 22.7 Å². The number of anilines is 2. The molecule has 6 nitrogen and oxygen atoms in total. The van der Waals surface area contributed by atoms with Crippen molar-refractivity contribution in [3.8, 4) is 17.2 Å². The molecule has 3 aromatic rings. The van der Waals surface area contributed by atoms with Gasteiger partial charge in [0.2, 0.25) is 5.95 Å². The van der Waals surface area contributed by atoms with Crippen LogP contribution in [0.3, 0.4) is 0 Å². The molecule has 156 valence electrons. The van der Waals surface area contributed by atoms with Crippen molar-refractivity contribution in [2.75, 3.05) is 57.6 Å². The van der Waals surface area contributed by atoms with Crippen LogP contribution in [0.5, 0.6) is 0 Å². The monoisotopic (exact) mass is 402 g/mol. The lowest BCUT2D eigenvalue weighted by Crippen LogP contribution is -2.26. The molecule has 0 saturated heterocycles. The molecule has 0 aliphatic carbocycles. The zero-order valence-corrected chi connectivity index (χ0v) is 18.3. The number of nitriles is 1. The summed E-state index contributed by atoms with van der Waals surface area (Å²) in [5, 5.41) is 10.0. The Morgan fingerprint density at radius 2 is 1.60 bits per heavy atom. The zero-order chi connectivity index (χ0) is 21.5. The fourth-order valence-electron chi connectivity index (χ4n) is 3.42. The van der Waals surface area contributed by atoms with Gasteiger partial charge in [0.25, 0.3) is 0 Å². The summed E-state index contributed by atoms with van der Waals surface area (Å²) in [5.74, 6) is 1.58. The van der Waals surface area contributed by atoms with Crippen molar-refractivity contribution in [1.82, 2.24) is 14.9 Å². The molecular formula is C24H30N6. The zero-order valence-electron chi connectivity index (χ0n) is 18.3. The smallest absolute Gasteiger partial charge is 0.227 e. The maximum absolute atomic E-state index is 9.03. The van der Waals surface area contributed by atoms with Crippen LogP contribution in [0.4, 0.5) is 11.8 Å². The first-order chi connectivity index (χ1) is 14.5. The highest BCUT2D eigenvalue weighted by Gasteiger charge is 2.15. The van der Waals surface area contributed by atoms with Crippen molar-refractivity contribution in [3.63, 3.8) is 0 Å².